The zero-order valence-electron chi connectivity index (χ0n) is 34.9. The second-order valence-electron chi connectivity index (χ2n) is 16.1. The van der Waals surface area contributed by atoms with Crippen LogP contribution in [0.3, 0.4) is 0 Å². The summed E-state index contributed by atoms with van der Waals surface area (Å²) in [6.07, 6.45) is 6.26. The Balaban J connectivity index is 0.891. The highest BCUT2D eigenvalue weighted by molar-refractivity contribution is 7.21. The first-order valence-corrected chi connectivity index (χ1v) is 21.4. The third kappa shape index (κ3) is 9.06. The van der Waals surface area contributed by atoms with Gasteiger partial charge in [0.1, 0.15) is 23.3 Å². The monoisotopic (exact) mass is 842 g/mol. The van der Waals surface area contributed by atoms with Crippen LogP contribution in [-0.2, 0) is 23.2 Å². The van der Waals surface area contributed by atoms with E-state index < -0.39 is 24.1 Å². The third-order valence-electron chi connectivity index (χ3n) is 11.6. The number of likely N-dealkylation sites (tertiary alicyclic amines) is 1. The summed E-state index contributed by atoms with van der Waals surface area (Å²) in [4.78, 5) is 70.3. The Hall–Kier alpha value is -5.29. The van der Waals surface area contributed by atoms with Crippen molar-refractivity contribution in [3.8, 4) is 28.4 Å². The summed E-state index contributed by atoms with van der Waals surface area (Å²) < 4.78 is 19.8. The van der Waals surface area contributed by atoms with Crippen molar-refractivity contribution >= 4 is 45.1 Å². The number of carbonyl (C=O) groups is 4. The number of nitrogens with one attached hydrogen (secondary N) is 2. The molecule has 0 aliphatic carbocycles. The fourth-order valence-electron chi connectivity index (χ4n) is 8.46. The number of unbranched alkanes of at least 4 members (excludes halogenated alkanes) is 2. The van der Waals surface area contributed by atoms with Gasteiger partial charge in [0.25, 0.3) is 17.4 Å². The number of aliphatic hydroxyl groups is 1. The summed E-state index contributed by atoms with van der Waals surface area (Å²) in [5.41, 5.74) is 3.12. The van der Waals surface area contributed by atoms with E-state index in [0.29, 0.717) is 51.8 Å². The number of pyridine rings is 1. The quantitative estimate of drug-likeness (QED) is 0.114. The SMILES string of the molecule is COc1cc(-c2cn(C)c(=O)c3cc(C(=O)NC4CCCN(CCCCCOc5ccc6c(c5)C(=O)N(C5CCC(=O)NC5=O)C6O)CC4)sc23)cc(OC)c1CN(C)C. The molecule has 60 heavy (non-hydrogen) atoms. The van der Waals surface area contributed by atoms with Crippen molar-refractivity contribution in [2.75, 3.05) is 54.6 Å². The van der Waals surface area contributed by atoms with Gasteiger partial charge in [-0.05, 0) is 108 Å². The molecule has 7 rings (SSSR count). The fraction of sp³-hybridized carbons (Fsp3) is 0.477. The zero-order valence-corrected chi connectivity index (χ0v) is 35.7. The number of aromatic nitrogens is 1. The lowest BCUT2D eigenvalue weighted by Gasteiger charge is -2.31. The molecule has 3 aliphatic heterocycles. The van der Waals surface area contributed by atoms with E-state index in [1.165, 1.54) is 11.3 Å². The average molecular weight is 843 g/mol. The van der Waals surface area contributed by atoms with E-state index in [0.717, 1.165) is 84.4 Å². The molecule has 3 N–H and O–H groups in total. The number of methoxy groups -OCH3 is 2. The Bertz CT molecular complexity index is 2320. The summed E-state index contributed by atoms with van der Waals surface area (Å²) in [5.74, 6) is 0.292. The standard InChI is InChI=1S/C44H54N6O9S/c1-47(2)24-33-35(57-4)20-26(21-36(33)58-5)32-25-48(3)42(54)31-23-37(60-39(31)32)41(53)45-27-10-9-17-49(18-15-27)16-7-6-8-19-59-28-11-12-29-30(22-28)44(56)50(43(29)55)34-13-14-38(51)46-40(34)52/h11-12,20-23,25,27,34,43,55H,6-10,13-19,24H2,1-5H3,(H,45,53)(H,46,51,52). The molecule has 2 fully saturated rings. The van der Waals surface area contributed by atoms with Crippen LogP contribution in [0.15, 0.2) is 47.4 Å². The van der Waals surface area contributed by atoms with Gasteiger partial charge in [0.15, 0.2) is 6.23 Å². The molecule has 5 heterocycles. The molecule has 0 spiro atoms. The fourth-order valence-corrected chi connectivity index (χ4v) is 9.54. The first-order valence-electron chi connectivity index (χ1n) is 20.5. The predicted octanol–water partition coefficient (Wildman–Crippen LogP) is 4.43. The summed E-state index contributed by atoms with van der Waals surface area (Å²) in [7, 11) is 8.95. The van der Waals surface area contributed by atoms with Gasteiger partial charge in [0.05, 0.1) is 42.2 Å². The second kappa shape index (κ2) is 18.5. The summed E-state index contributed by atoms with van der Waals surface area (Å²) >= 11 is 1.33. The molecule has 4 aromatic rings. The van der Waals surface area contributed by atoms with Gasteiger partial charge < -0.3 is 39.0 Å². The number of aliphatic hydroxyl groups excluding tert-OH is 1. The molecule has 2 aromatic heterocycles. The lowest BCUT2D eigenvalue weighted by molar-refractivity contribution is -0.139. The molecule has 3 unspecified atom stereocenters. The van der Waals surface area contributed by atoms with Crippen LogP contribution in [0.1, 0.15) is 88.8 Å². The average Bonchev–Trinajstić information content (AvgIpc) is 3.69. The minimum Gasteiger partial charge on any atom is -0.496 e. The van der Waals surface area contributed by atoms with Crippen molar-refractivity contribution in [2.24, 2.45) is 7.05 Å². The second-order valence-corrected chi connectivity index (χ2v) is 17.1. The number of carbonyl (C=O) groups excluding carboxylic acids is 4. The van der Waals surface area contributed by atoms with Gasteiger partial charge in [-0.2, -0.15) is 0 Å². The van der Waals surface area contributed by atoms with Gasteiger partial charge >= 0.3 is 0 Å². The molecule has 0 saturated carbocycles. The number of amides is 4. The van der Waals surface area contributed by atoms with Crippen LogP contribution in [0.4, 0.5) is 0 Å². The van der Waals surface area contributed by atoms with Crippen molar-refractivity contribution in [2.45, 2.75) is 76.2 Å². The number of nitrogens with zero attached hydrogens (tertiary/aromatic N) is 4. The molecule has 0 radical (unpaired) electrons. The molecule has 3 aliphatic rings. The van der Waals surface area contributed by atoms with E-state index in [1.54, 1.807) is 56.3 Å². The summed E-state index contributed by atoms with van der Waals surface area (Å²) in [5, 5.41) is 16.8. The maximum atomic E-state index is 13.7. The molecule has 0 bridgehead atoms. The number of aryl methyl sites for hydroxylation is 1. The van der Waals surface area contributed by atoms with Crippen LogP contribution < -0.4 is 30.4 Å². The van der Waals surface area contributed by atoms with Crippen molar-refractivity contribution in [3.05, 3.63) is 74.5 Å². The van der Waals surface area contributed by atoms with E-state index in [4.69, 9.17) is 14.2 Å². The number of piperidine rings is 1. The number of benzene rings is 2. The highest BCUT2D eigenvalue weighted by atomic mass is 32.1. The lowest BCUT2D eigenvalue weighted by Crippen LogP contribution is -2.53. The van der Waals surface area contributed by atoms with Crippen molar-refractivity contribution in [1.82, 2.24) is 29.9 Å². The molecule has 320 valence electrons. The van der Waals surface area contributed by atoms with Gasteiger partial charge in [0.2, 0.25) is 11.8 Å². The number of rotatable bonds is 15. The van der Waals surface area contributed by atoms with Crippen molar-refractivity contribution in [1.29, 1.82) is 0 Å². The first kappa shape index (κ1) is 42.8. The van der Waals surface area contributed by atoms with Gasteiger partial charge in [-0.3, -0.25) is 34.2 Å². The minimum absolute atomic E-state index is 0.0256. The minimum atomic E-state index is -1.26. The topological polar surface area (TPSA) is 172 Å². The van der Waals surface area contributed by atoms with Gasteiger partial charge in [0, 0.05) is 54.6 Å². The number of ether oxygens (including phenoxy) is 3. The summed E-state index contributed by atoms with van der Waals surface area (Å²) in [6.45, 7) is 3.86. The molecule has 3 atom stereocenters. The van der Waals surface area contributed by atoms with E-state index in [-0.39, 0.29) is 36.3 Å². The van der Waals surface area contributed by atoms with Crippen molar-refractivity contribution in [3.63, 3.8) is 0 Å². The molecular weight excluding hydrogens is 789 g/mol. The third-order valence-corrected chi connectivity index (χ3v) is 12.8. The number of imide groups is 1. The van der Waals surface area contributed by atoms with Crippen LogP contribution in [0, 0.1) is 0 Å². The van der Waals surface area contributed by atoms with E-state index in [1.807, 2.05) is 31.1 Å². The van der Waals surface area contributed by atoms with Crippen LogP contribution in [-0.4, -0.2) is 115 Å². The largest absolute Gasteiger partial charge is 0.496 e. The first-order chi connectivity index (χ1) is 28.9. The van der Waals surface area contributed by atoms with Crippen LogP contribution >= 0.6 is 11.3 Å². The zero-order chi connectivity index (χ0) is 42.7. The highest BCUT2D eigenvalue weighted by Crippen LogP contribution is 2.40. The smallest absolute Gasteiger partial charge is 0.261 e. The lowest BCUT2D eigenvalue weighted by atomic mass is 10.0. The maximum Gasteiger partial charge on any atom is 0.261 e. The Labute approximate surface area is 353 Å². The Morgan fingerprint density at radius 1 is 0.967 bits per heavy atom. The van der Waals surface area contributed by atoms with Crippen LogP contribution in [0.2, 0.25) is 0 Å². The van der Waals surface area contributed by atoms with E-state index in [9.17, 15) is 29.1 Å². The molecule has 15 nitrogen and oxygen atoms in total. The molecule has 2 saturated heterocycles. The molecular formula is C44H54N6O9S. The van der Waals surface area contributed by atoms with E-state index >= 15 is 0 Å². The Kier molecular flexibility index (Phi) is 13.2. The predicted molar refractivity (Wildman–Crippen MR) is 228 cm³/mol. The normalized spacial score (nSPS) is 19.7. The molecule has 16 heteroatoms. The Morgan fingerprint density at radius 3 is 2.45 bits per heavy atom. The maximum absolute atomic E-state index is 13.7. The van der Waals surface area contributed by atoms with Crippen molar-refractivity contribution < 1.29 is 38.5 Å². The van der Waals surface area contributed by atoms with Gasteiger partial charge in [-0.25, -0.2) is 0 Å². The van der Waals surface area contributed by atoms with Crippen LogP contribution in [0.25, 0.3) is 21.2 Å². The van der Waals surface area contributed by atoms with Gasteiger partial charge in [-0.1, -0.05) is 6.07 Å². The summed E-state index contributed by atoms with van der Waals surface area (Å²) in [6, 6.07) is 9.73. The number of thiophene rings is 1. The number of hydrogen-bond acceptors (Lipinski definition) is 12. The van der Waals surface area contributed by atoms with Gasteiger partial charge in [-0.15, -0.1) is 11.3 Å². The van der Waals surface area contributed by atoms with E-state index in [2.05, 4.69) is 15.5 Å². The molecule has 2 aromatic carbocycles. The Morgan fingerprint density at radius 2 is 1.73 bits per heavy atom. The highest BCUT2D eigenvalue weighted by Gasteiger charge is 2.44. The number of fused-ring (bicyclic) bond motifs is 2. The number of hydrogen-bond donors (Lipinski definition) is 3. The molecule has 4 amide bonds. The van der Waals surface area contributed by atoms with Crippen LogP contribution in [0.5, 0.6) is 17.2 Å².